The molecule has 1 aromatic heterocycles. The Kier molecular flexibility index (Phi) is 7.75. The molecule has 0 radical (unpaired) electrons. The van der Waals surface area contributed by atoms with Crippen LogP contribution in [0.1, 0.15) is 36.8 Å². The molecule has 0 spiro atoms. The van der Waals surface area contributed by atoms with E-state index >= 15 is 0 Å². The van der Waals surface area contributed by atoms with Gasteiger partial charge in [-0.05, 0) is 60.7 Å². The first-order valence-corrected chi connectivity index (χ1v) is 11.8. The lowest BCUT2D eigenvalue weighted by Gasteiger charge is -2.11. The fraction of sp³-hybridized carbons (Fsp3) is 0.0741. The van der Waals surface area contributed by atoms with E-state index in [1.54, 1.807) is 0 Å². The topological polar surface area (TPSA) is 204 Å². The SMILES string of the molecule is CNC(=O)C1=NN(c2ccc(C(=O)O)cc2)C(=O)C1=CC=Cc1c(C(=O)NC)nn(-c2ccc(C(=O)O)cc2)c1O. The molecule has 208 valence electrons. The zero-order valence-electron chi connectivity index (χ0n) is 21.5. The normalized spacial score (nSPS) is 13.9. The number of carboxylic acid groups (broad SMARTS) is 2. The number of hydrogen-bond donors (Lipinski definition) is 5. The summed E-state index contributed by atoms with van der Waals surface area (Å²) in [5, 5.41) is 43.1. The molecule has 1 aliphatic rings. The van der Waals surface area contributed by atoms with E-state index in [1.807, 2.05) is 0 Å². The van der Waals surface area contributed by atoms with Gasteiger partial charge in [-0.15, -0.1) is 0 Å². The lowest BCUT2D eigenvalue weighted by Crippen LogP contribution is -2.28. The minimum absolute atomic E-state index is 0.000276. The molecule has 0 saturated carbocycles. The van der Waals surface area contributed by atoms with Gasteiger partial charge in [-0.25, -0.2) is 9.59 Å². The van der Waals surface area contributed by atoms with Gasteiger partial charge in [-0.3, -0.25) is 14.4 Å². The average molecular weight is 559 g/mol. The predicted molar refractivity (Wildman–Crippen MR) is 145 cm³/mol. The second kappa shape index (κ2) is 11.4. The minimum Gasteiger partial charge on any atom is -0.493 e. The number of rotatable bonds is 8. The van der Waals surface area contributed by atoms with Gasteiger partial charge >= 0.3 is 11.9 Å². The molecular weight excluding hydrogens is 536 g/mol. The average Bonchev–Trinajstić information content (AvgIpc) is 3.48. The van der Waals surface area contributed by atoms with Gasteiger partial charge in [0.05, 0.1) is 33.6 Å². The van der Waals surface area contributed by atoms with Crippen molar-refractivity contribution in [2.45, 2.75) is 0 Å². The van der Waals surface area contributed by atoms with Gasteiger partial charge in [-0.2, -0.15) is 19.9 Å². The number of aromatic hydroxyl groups is 1. The maximum Gasteiger partial charge on any atom is 0.335 e. The number of amides is 3. The van der Waals surface area contributed by atoms with Gasteiger partial charge in [0, 0.05) is 14.1 Å². The van der Waals surface area contributed by atoms with Crippen molar-refractivity contribution in [2.24, 2.45) is 5.10 Å². The number of anilines is 1. The van der Waals surface area contributed by atoms with Crippen molar-refractivity contribution < 1.29 is 39.3 Å². The highest BCUT2D eigenvalue weighted by Gasteiger charge is 2.34. The Morgan fingerprint density at radius 3 is 1.88 bits per heavy atom. The lowest BCUT2D eigenvalue weighted by molar-refractivity contribution is -0.116. The van der Waals surface area contributed by atoms with Crippen LogP contribution < -0.4 is 15.6 Å². The first kappa shape index (κ1) is 28.0. The largest absolute Gasteiger partial charge is 0.493 e. The molecular formula is C27H22N6O8. The highest BCUT2D eigenvalue weighted by Crippen LogP contribution is 2.28. The monoisotopic (exact) mass is 558 g/mol. The van der Waals surface area contributed by atoms with Crippen molar-refractivity contribution in [1.29, 1.82) is 0 Å². The first-order chi connectivity index (χ1) is 19.6. The van der Waals surface area contributed by atoms with E-state index in [0.717, 1.165) is 9.69 Å². The molecule has 0 fully saturated rings. The smallest absolute Gasteiger partial charge is 0.335 e. The third kappa shape index (κ3) is 5.42. The van der Waals surface area contributed by atoms with Gasteiger partial charge in [-0.1, -0.05) is 6.08 Å². The maximum absolute atomic E-state index is 13.2. The molecule has 2 heterocycles. The molecule has 3 amide bonds. The van der Waals surface area contributed by atoms with Gasteiger partial charge < -0.3 is 26.0 Å². The second-order valence-electron chi connectivity index (χ2n) is 8.37. The van der Waals surface area contributed by atoms with Crippen molar-refractivity contribution in [3.05, 3.63) is 88.6 Å². The highest BCUT2D eigenvalue weighted by molar-refractivity contribution is 6.54. The predicted octanol–water partition coefficient (Wildman–Crippen LogP) is 1.42. The Morgan fingerprint density at radius 2 is 1.37 bits per heavy atom. The zero-order valence-corrected chi connectivity index (χ0v) is 21.5. The van der Waals surface area contributed by atoms with Crippen LogP contribution in [0.25, 0.3) is 11.8 Å². The summed E-state index contributed by atoms with van der Waals surface area (Å²) in [6, 6.07) is 10.7. The standard InChI is InChI=1S/C27H22N6O8/c1-28-22(34)20-18(24(36)32(30-20)16-10-6-14(7-11-16)26(38)39)4-3-5-19-21(23(35)29-2)31-33(25(19)37)17-12-8-15(9-13-17)27(40)41/h3-13,36H,1-2H3,(H,28,34)(H,29,35)(H,38,39)(H,40,41). The van der Waals surface area contributed by atoms with E-state index in [0.29, 0.717) is 0 Å². The van der Waals surface area contributed by atoms with Crippen LogP contribution >= 0.6 is 0 Å². The van der Waals surface area contributed by atoms with E-state index in [1.165, 1.54) is 80.9 Å². The van der Waals surface area contributed by atoms with Crippen molar-refractivity contribution in [3.63, 3.8) is 0 Å². The van der Waals surface area contributed by atoms with Gasteiger partial charge in [0.25, 0.3) is 17.7 Å². The number of benzene rings is 2. The molecule has 0 saturated heterocycles. The number of carboxylic acids is 2. The van der Waals surface area contributed by atoms with E-state index in [-0.39, 0.29) is 45.0 Å². The summed E-state index contributed by atoms with van der Waals surface area (Å²) in [6.07, 6.45) is 3.90. The molecule has 0 aliphatic carbocycles. The summed E-state index contributed by atoms with van der Waals surface area (Å²) < 4.78 is 1.05. The highest BCUT2D eigenvalue weighted by atomic mass is 16.4. The maximum atomic E-state index is 13.2. The minimum atomic E-state index is -1.15. The van der Waals surface area contributed by atoms with Crippen molar-refractivity contribution in [3.8, 4) is 11.6 Å². The summed E-state index contributed by atoms with van der Waals surface area (Å²) in [5.74, 6) is -4.70. The Morgan fingerprint density at radius 1 is 0.829 bits per heavy atom. The molecule has 2 aromatic carbocycles. The third-order valence-corrected chi connectivity index (χ3v) is 5.90. The fourth-order valence-electron chi connectivity index (χ4n) is 3.80. The third-order valence-electron chi connectivity index (χ3n) is 5.90. The van der Waals surface area contributed by atoms with Crippen LogP contribution in [0.3, 0.4) is 0 Å². The number of nitrogens with zero attached hydrogens (tertiary/aromatic N) is 4. The Bertz CT molecular complexity index is 1670. The molecule has 14 heteroatoms. The Hall–Kier alpha value is -6.05. The van der Waals surface area contributed by atoms with Crippen LogP contribution in [0.5, 0.6) is 5.88 Å². The molecule has 4 rings (SSSR count). The van der Waals surface area contributed by atoms with Crippen molar-refractivity contribution in [2.75, 3.05) is 19.1 Å². The number of aromatic carboxylic acids is 2. The van der Waals surface area contributed by atoms with Crippen LogP contribution in [0.4, 0.5) is 5.69 Å². The van der Waals surface area contributed by atoms with E-state index in [2.05, 4.69) is 20.8 Å². The molecule has 1 aliphatic heterocycles. The first-order valence-electron chi connectivity index (χ1n) is 11.8. The number of hydrazone groups is 1. The van der Waals surface area contributed by atoms with Gasteiger partial charge in [0.15, 0.2) is 11.4 Å². The fourth-order valence-corrected chi connectivity index (χ4v) is 3.80. The number of aromatic nitrogens is 2. The van der Waals surface area contributed by atoms with Crippen molar-refractivity contribution >= 4 is 47.1 Å². The summed E-state index contributed by atoms with van der Waals surface area (Å²) in [7, 11) is 2.73. The Labute approximate surface area is 231 Å². The number of carbonyl (C=O) groups is 5. The van der Waals surface area contributed by atoms with Crippen LogP contribution in [0, 0.1) is 0 Å². The molecule has 5 N–H and O–H groups in total. The Balaban J connectivity index is 1.71. The molecule has 0 atom stereocenters. The van der Waals surface area contributed by atoms with Crippen molar-refractivity contribution in [1.82, 2.24) is 20.4 Å². The van der Waals surface area contributed by atoms with Crippen LogP contribution in [-0.4, -0.2) is 74.6 Å². The van der Waals surface area contributed by atoms with Crippen LogP contribution in [0.2, 0.25) is 0 Å². The quantitative estimate of drug-likeness (QED) is 0.253. The van der Waals surface area contributed by atoms with E-state index in [9.17, 15) is 29.1 Å². The van der Waals surface area contributed by atoms with Crippen LogP contribution in [0.15, 0.2) is 71.4 Å². The summed E-state index contributed by atoms with van der Waals surface area (Å²) in [5.41, 5.74) is 0.00678. The number of nitrogens with one attached hydrogen (secondary N) is 2. The molecule has 0 unspecified atom stereocenters. The summed E-state index contributed by atoms with van der Waals surface area (Å²) in [4.78, 5) is 60.5. The second-order valence-corrected chi connectivity index (χ2v) is 8.37. The number of hydrogen-bond acceptors (Lipinski definition) is 8. The number of carbonyl (C=O) groups excluding carboxylic acids is 3. The lowest BCUT2D eigenvalue weighted by atomic mass is 10.1. The van der Waals surface area contributed by atoms with Gasteiger partial charge in [0.2, 0.25) is 5.88 Å². The molecule has 0 bridgehead atoms. The van der Waals surface area contributed by atoms with E-state index < -0.39 is 35.5 Å². The molecule has 3 aromatic rings. The zero-order chi connectivity index (χ0) is 29.8. The molecule has 14 nitrogen and oxygen atoms in total. The number of allylic oxidation sites excluding steroid dienone is 2. The summed E-state index contributed by atoms with van der Waals surface area (Å²) in [6.45, 7) is 0. The summed E-state index contributed by atoms with van der Waals surface area (Å²) >= 11 is 0. The van der Waals surface area contributed by atoms with E-state index in [4.69, 9.17) is 10.2 Å². The molecule has 41 heavy (non-hydrogen) atoms. The van der Waals surface area contributed by atoms with Gasteiger partial charge in [0.1, 0.15) is 0 Å². The van der Waals surface area contributed by atoms with Crippen LogP contribution in [-0.2, 0) is 9.59 Å².